The number of anilines is 1. The lowest BCUT2D eigenvalue weighted by atomic mass is 10.1. The smallest absolute Gasteiger partial charge is 0.411 e. The summed E-state index contributed by atoms with van der Waals surface area (Å²) in [5.41, 5.74) is 1.85. The van der Waals surface area contributed by atoms with Gasteiger partial charge in [-0.3, -0.25) is 5.32 Å². The number of carboxylic acid groups (broad SMARTS) is 1. The number of carbonyl (C=O) groups is 2. The maximum absolute atomic E-state index is 11.8. The Morgan fingerprint density at radius 1 is 1.23 bits per heavy atom. The van der Waals surface area contributed by atoms with Crippen LogP contribution in [-0.4, -0.2) is 17.2 Å². The number of amides is 1. The molecular weight excluding hydrogens is 350 g/mol. The zero-order valence-corrected chi connectivity index (χ0v) is 13.4. The second-order valence-corrected chi connectivity index (χ2v) is 5.53. The number of aromatic carboxylic acids is 1. The summed E-state index contributed by atoms with van der Waals surface area (Å²) in [4.78, 5) is 23.0. The molecule has 0 fully saturated rings. The first-order chi connectivity index (χ1) is 10.5. The van der Waals surface area contributed by atoms with Gasteiger partial charge in [-0.15, -0.1) is 0 Å². The van der Waals surface area contributed by atoms with Crippen LogP contribution < -0.4 is 5.32 Å². The average molecular weight is 364 g/mol. The molecule has 0 spiro atoms. The molecule has 0 radical (unpaired) electrons. The van der Waals surface area contributed by atoms with Gasteiger partial charge in [0.1, 0.15) is 6.61 Å². The van der Waals surface area contributed by atoms with E-state index in [9.17, 15) is 9.59 Å². The van der Waals surface area contributed by atoms with Crippen molar-refractivity contribution in [3.8, 4) is 0 Å². The van der Waals surface area contributed by atoms with Crippen molar-refractivity contribution >= 4 is 33.7 Å². The summed E-state index contributed by atoms with van der Waals surface area (Å²) in [7, 11) is 0. The van der Waals surface area contributed by atoms with Crippen LogP contribution in [0, 0.1) is 6.92 Å². The number of nitrogens with one attached hydrogen (secondary N) is 1. The van der Waals surface area contributed by atoms with E-state index in [0.29, 0.717) is 15.7 Å². The predicted molar refractivity (Wildman–Crippen MR) is 86.1 cm³/mol. The van der Waals surface area contributed by atoms with Crippen molar-refractivity contribution in [2.45, 2.75) is 13.5 Å². The first kappa shape index (κ1) is 16.0. The van der Waals surface area contributed by atoms with Crippen LogP contribution in [0.2, 0.25) is 0 Å². The molecule has 0 aliphatic rings. The molecule has 0 heterocycles. The topological polar surface area (TPSA) is 75.6 Å². The van der Waals surface area contributed by atoms with Crippen molar-refractivity contribution < 1.29 is 19.4 Å². The fraction of sp³-hybridized carbons (Fsp3) is 0.125. The highest BCUT2D eigenvalue weighted by Crippen LogP contribution is 2.25. The van der Waals surface area contributed by atoms with E-state index in [2.05, 4.69) is 21.2 Å². The minimum absolute atomic E-state index is 0.118. The number of hydrogen-bond acceptors (Lipinski definition) is 3. The van der Waals surface area contributed by atoms with Crippen LogP contribution in [0.5, 0.6) is 0 Å². The normalized spacial score (nSPS) is 10.1. The van der Waals surface area contributed by atoms with Gasteiger partial charge in [0.15, 0.2) is 0 Å². The van der Waals surface area contributed by atoms with Crippen LogP contribution in [0.25, 0.3) is 0 Å². The van der Waals surface area contributed by atoms with Gasteiger partial charge in [0.25, 0.3) is 0 Å². The molecule has 6 heteroatoms. The minimum Gasteiger partial charge on any atom is -0.478 e. The fourth-order valence-corrected chi connectivity index (χ4v) is 2.36. The van der Waals surface area contributed by atoms with E-state index in [4.69, 9.17) is 9.84 Å². The number of carboxylic acids is 1. The van der Waals surface area contributed by atoms with Crippen LogP contribution in [0.15, 0.2) is 46.9 Å². The van der Waals surface area contributed by atoms with E-state index in [1.165, 1.54) is 6.07 Å². The molecule has 0 atom stereocenters. The minimum atomic E-state index is -1.06. The fourth-order valence-electron chi connectivity index (χ4n) is 1.90. The molecular formula is C16H14BrNO4. The van der Waals surface area contributed by atoms with Crippen molar-refractivity contribution in [2.75, 3.05) is 5.32 Å². The number of ether oxygens (including phenoxy) is 1. The molecule has 2 aromatic carbocycles. The Kier molecular flexibility index (Phi) is 5.16. The van der Waals surface area contributed by atoms with Crippen molar-refractivity contribution in [2.24, 2.45) is 0 Å². The molecule has 2 N–H and O–H groups in total. The van der Waals surface area contributed by atoms with Gasteiger partial charge in [0.2, 0.25) is 0 Å². The van der Waals surface area contributed by atoms with E-state index < -0.39 is 12.1 Å². The van der Waals surface area contributed by atoms with E-state index >= 15 is 0 Å². The molecule has 2 rings (SSSR count). The van der Waals surface area contributed by atoms with E-state index in [0.717, 1.165) is 5.56 Å². The Bertz CT molecular complexity index is 701. The van der Waals surface area contributed by atoms with Gasteiger partial charge < -0.3 is 9.84 Å². The number of carbonyl (C=O) groups excluding carboxylic acids is 1. The molecule has 0 aliphatic heterocycles. The number of rotatable bonds is 4. The van der Waals surface area contributed by atoms with Gasteiger partial charge in [0.05, 0.1) is 5.56 Å². The molecule has 5 nitrogen and oxygen atoms in total. The third kappa shape index (κ3) is 4.08. The van der Waals surface area contributed by atoms with Crippen molar-refractivity contribution in [3.05, 3.63) is 63.6 Å². The summed E-state index contributed by atoms with van der Waals surface area (Å²) < 4.78 is 5.68. The summed E-state index contributed by atoms with van der Waals surface area (Å²) in [5.74, 6) is -1.06. The highest BCUT2D eigenvalue weighted by atomic mass is 79.9. The molecule has 0 saturated heterocycles. The highest BCUT2D eigenvalue weighted by molar-refractivity contribution is 9.10. The first-order valence-electron chi connectivity index (χ1n) is 6.48. The van der Waals surface area contributed by atoms with Crippen LogP contribution in [0.1, 0.15) is 21.5 Å². The SMILES string of the molecule is Cc1c(NC(=O)OCc2ccccc2)cc(Br)cc1C(=O)O. The quantitative estimate of drug-likeness (QED) is 0.853. The monoisotopic (exact) mass is 363 g/mol. The van der Waals surface area contributed by atoms with Gasteiger partial charge in [-0.05, 0) is 30.2 Å². The van der Waals surface area contributed by atoms with E-state index in [1.54, 1.807) is 13.0 Å². The summed E-state index contributed by atoms with van der Waals surface area (Å²) in [5, 5.41) is 11.7. The first-order valence-corrected chi connectivity index (χ1v) is 7.28. The molecule has 2 aromatic rings. The third-order valence-corrected chi connectivity index (χ3v) is 3.51. The second kappa shape index (κ2) is 7.09. The van der Waals surface area contributed by atoms with Crippen LogP contribution in [0.4, 0.5) is 10.5 Å². The van der Waals surface area contributed by atoms with Crippen molar-refractivity contribution in [3.63, 3.8) is 0 Å². The van der Waals surface area contributed by atoms with Crippen LogP contribution >= 0.6 is 15.9 Å². The van der Waals surface area contributed by atoms with Crippen LogP contribution in [0.3, 0.4) is 0 Å². The summed E-state index contributed by atoms with van der Waals surface area (Å²) in [6.07, 6.45) is -0.638. The molecule has 0 aromatic heterocycles. The van der Waals surface area contributed by atoms with Gasteiger partial charge in [-0.2, -0.15) is 0 Å². The predicted octanol–water partition coefficient (Wildman–Crippen LogP) is 4.20. The molecule has 0 bridgehead atoms. The molecule has 114 valence electrons. The Hall–Kier alpha value is -2.34. The summed E-state index contributed by atoms with van der Waals surface area (Å²) >= 11 is 3.23. The number of halogens is 1. The molecule has 0 unspecified atom stereocenters. The average Bonchev–Trinajstić information content (AvgIpc) is 2.49. The Balaban J connectivity index is 2.07. The largest absolute Gasteiger partial charge is 0.478 e. The third-order valence-electron chi connectivity index (χ3n) is 3.05. The number of benzene rings is 2. The van der Waals surface area contributed by atoms with Crippen molar-refractivity contribution in [1.82, 2.24) is 0 Å². The lowest BCUT2D eigenvalue weighted by Gasteiger charge is -2.12. The lowest BCUT2D eigenvalue weighted by Crippen LogP contribution is -2.15. The zero-order valence-electron chi connectivity index (χ0n) is 11.8. The highest BCUT2D eigenvalue weighted by Gasteiger charge is 2.14. The van der Waals surface area contributed by atoms with Crippen molar-refractivity contribution in [1.29, 1.82) is 0 Å². The summed E-state index contributed by atoms with van der Waals surface area (Å²) in [6, 6.07) is 12.4. The Labute approximate surface area is 136 Å². The Morgan fingerprint density at radius 2 is 1.91 bits per heavy atom. The number of hydrogen-bond donors (Lipinski definition) is 2. The lowest BCUT2D eigenvalue weighted by molar-refractivity contribution is 0.0696. The summed E-state index contributed by atoms with van der Waals surface area (Å²) in [6.45, 7) is 1.77. The molecule has 0 saturated carbocycles. The van der Waals surface area contributed by atoms with E-state index in [-0.39, 0.29) is 12.2 Å². The maximum atomic E-state index is 11.8. The Morgan fingerprint density at radius 3 is 2.55 bits per heavy atom. The van der Waals surface area contributed by atoms with Gasteiger partial charge in [0, 0.05) is 10.2 Å². The van der Waals surface area contributed by atoms with Crippen LogP contribution in [-0.2, 0) is 11.3 Å². The second-order valence-electron chi connectivity index (χ2n) is 4.62. The standard InChI is InChI=1S/C16H14BrNO4/c1-10-13(15(19)20)7-12(17)8-14(10)18-16(21)22-9-11-5-3-2-4-6-11/h2-8H,9H2,1H3,(H,18,21)(H,19,20). The zero-order chi connectivity index (χ0) is 16.1. The molecule has 0 aliphatic carbocycles. The van der Waals surface area contributed by atoms with Gasteiger partial charge >= 0.3 is 12.1 Å². The molecule has 1 amide bonds. The maximum Gasteiger partial charge on any atom is 0.411 e. The van der Waals surface area contributed by atoms with E-state index in [1.807, 2.05) is 30.3 Å². The molecule has 22 heavy (non-hydrogen) atoms. The van der Waals surface area contributed by atoms with Gasteiger partial charge in [-0.1, -0.05) is 46.3 Å². The van der Waals surface area contributed by atoms with Gasteiger partial charge in [-0.25, -0.2) is 9.59 Å².